The predicted molar refractivity (Wildman–Crippen MR) is 74.4 cm³/mol. The third kappa shape index (κ3) is 2.61. The zero-order chi connectivity index (χ0) is 15.7. The quantitative estimate of drug-likeness (QED) is 0.620. The Morgan fingerprint density at radius 3 is 2.24 bits per heavy atom. The topological polar surface area (TPSA) is 111 Å². The summed E-state index contributed by atoms with van der Waals surface area (Å²) >= 11 is 0. The van der Waals surface area contributed by atoms with E-state index in [1.54, 1.807) is 0 Å². The van der Waals surface area contributed by atoms with Gasteiger partial charge in [0.25, 0.3) is 0 Å². The van der Waals surface area contributed by atoms with Crippen molar-refractivity contribution < 1.29 is 10.0 Å². The molecule has 0 aromatic heterocycles. The van der Waals surface area contributed by atoms with Gasteiger partial charge in [0, 0.05) is 4.92 Å². The number of nitrogens with zero attached hydrogens (tertiary/aromatic N) is 3. The lowest BCUT2D eigenvalue weighted by molar-refractivity contribution is -0.564. The summed E-state index contributed by atoms with van der Waals surface area (Å²) in [4.78, 5) is 11.1. The number of nitro groups is 1. The van der Waals surface area contributed by atoms with Crippen molar-refractivity contribution >= 4 is 0 Å². The molecule has 0 saturated heterocycles. The van der Waals surface area contributed by atoms with Crippen LogP contribution in [0.25, 0.3) is 0 Å². The van der Waals surface area contributed by atoms with Crippen LogP contribution in [0.5, 0.6) is 0 Å². The Labute approximate surface area is 124 Å². The van der Waals surface area contributed by atoms with Crippen LogP contribution in [0.1, 0.15) is 51.9 Å². The van der Waals surface area contributed by atoms with E-state index in [9.17, 15) is 25.7 Å². The molecule has 0 spiro atoms. The fraction of sp³-hybridized carbons (Fsp3) is 0.867. The Morgan fingerprint density at radius 2 is 1.76 bits per heavy atom. The Kier molecular flexibility index (Phi) is 4.20. The minimum Gasteiger partial charge on any atom is -0.383 e. The maximum atomic E-state index is 11.6. The molecule has 0 aliphatic heterocycles. The molecule has 2 fully saturated rings. The lowest BCUT2D eigenvalue weighted by Crippen LogP contribution is -2.60. The molecule has 1 N–H and O–H groups in total. The highest BCUT2D eigenvalue weighted by Gasteiger charge is 2.62. The first-order valence-electron chi connectivity index (χ1n) is 7.56. The van der Waals surface area contributed by atoms with Gasteiger partial charge in [0.2, 0.25) is 6.04 Å². The molecule has 2 rings (SSSR count). The summed E-state index contributed by atoms with van der Waals surface area (Å²) in [5, 5.41) is 41.1. The average Bonchev–Trinajstić information content (AvgIpc) is 2.47. The predicted octanol–water partition coefficient (Wildman–Crippen LogP) is 2.41. The molecule has 0 aromatic rings. The molecule has 2 saturated carbocycles. The van der Waals surface area contributed by atoms with E-state index in [0.29, 0.717) is 0 Å². The fourth-order valence-electron chi connectivity index (χ4n) is 4.22. The molecule has 6 heteroatoms. The summed E-state index contributed by atoms with van der Waals surface area (Å²) in [6, 6.07) is 2.88. The summed E-state index contributed by atoms with van der Waals surface area (Å²) in [6.45, 7) is 1.47. The highest BCUT2D eigenvalue weighted by molar-refractivity contribution is 5.22. The molecule has 2 aliphatic carbocycles. The lowest BCUT2D eigenvalue weighted by Gasteiger charge is -2.46. The highest BCUT2D eigenvalue weighted by Crippen LogP contribution is 2.52. The first-order valence-corrected chi connectivity index (χ1v) is 7.56. The summed E-state index contributed by atoms with van der Waals surface area (Å²) < 4.78 is 0. The Balaban J connectivity index is 2.48. The van der Waals surface area contributed by atoms with Gasteiger partial charge in [-0.05, 0) is 38.5 Å². The zero-order valence-electron chi connectivity index (χ0n) is 12.3. The molecule has 0 radical (unpaired) electrons. The zero-order valence-corrected chi connectivity index (χ0v) is 12.3. The lowest BCUT2D eigenvalue weighted by atomic mass is 9.55. The van der Waals surface area contributed by atoms with Crippen molar-refractivity contribution in [2.45, 2.75) is 63.5 Å². The van der Waals surface area contributed by atoms with Gasteiger partial charge >= 0.3 is 0 Å². The number of nitriles is 2. The highest BCUT2D eigenvalue weighted by atomic mass is 16.6. The van der Waals surface area contributed by atoms with Crippen molar-refractivity contribution in [2.75, 3.05) is 0 Å². The van der Waals surface area contributed by atoms with Crippen molar-refractivity contribution in [3.8, 4) is 12.1 Å². The average molecular weight is 291 g/mol. The van der Waals surface area contributed by atoms with Gasteiger partial charge in [-0.1, -0.05) is 19.3 Å². The standard InChI is InChI=1S/C15H21N3O3/c1-14(19)7-8-15(9-16,10-17)12(13(14)18(20)21)11-5-3-2-4-6-11/h11-13,19H,2-8H2,1H3/t12-,13-,14+/m0/s1. The van der Waals surface area contributed by atoms with Gasteiger partial charge in [0.05, 0.1) is 18.1 Å². The molecule has 0 heterocycles. The van der Waals surface area contributed by atoms with E-state index in [4.69, 9.17) is 0 Å². The number of aliphatic hydroxyl groups is 1. The van der Waals surface area contributed by atoms with Crippen LogP contribution in [0.3, 0.4) is 0 Å². The molecule has 0 amide bonds. The van der Waals surface area contributed by atoms with Crippen LogP contribution < -0.4 is 0 Å². The van der Waals surface area contributed by atoms with Gasteiger partial charge in [-0.2, -0.15) is 10.5 Å². The summed E-state index contributed by atoms with van der Waals surface area (Å²) in [5.41, 5.74) is -2.80. The Morgan fingerprint density at radius 1 is 1.19 bits per heavy atom. The molecule has 0 aromatic carbocycles. The van der Waals surface area contributed by atoms with Gasteiger partial charge in [-0.25, -0.2) is 0 Å². The van der Waals surface area contributed by atoms with Gasteiger partial charge in [0.1, 0.15) is 5.60 Å². The monoisotopic (exact) mass is 291 g/mol. The first-order chi connectivity index (χ1) is 9.88. The molecule has 3 atom stereocenters. The number of hydrogen-bond donors (Lipinski definition) is 1. The fourth-order valence-corrected chi connectivity index (χ4v) is 4.22. The van der Waals surface area contributed by atoms with Crippen LogP contribution in [0.4, 0.5) is 0 Å². The van der Waals surface area contributed by atoms with Crippen LogP contribution in [0.15, 0.2) is 0 Å². The molecular weight excluding hydrogens is 270 g/mol. The minimum absolute atomic E-state index is 0.0276. The van der Waals surface area contributed by atoms with Crippen molar-refractivity contribution in [3.63, 3.8) is 0 Å². The number of rotatable bonds is 2. The first kappa shape index (κ1) is 15.7. The summed E-state index contributed by atoms with van der Waals surface area (Å²) in [5.74, 6) is -0.716. The van der Waals surface area contributed by atoms with Crippen molar-refractivity contribution in [1.82, 2.24) is 0 Å². The van der Waals surface area contributed by atoms with E-state index in [2.05, 4.69) is 12.1 Å². The normalized spacial score (nSPS) is 36.4. The second kappa shape index (κ2) is 5.61. The second-order valence-electron chi connectivity index (χ2n) is 6.71. The number of hydrogen-bond acceptors (Lipinski definition) is 5. The summed E-state index contributed by atoms with van der Waals surface area (Å²) in [6.07, 6.45) is 4.96. The largest absolute Gasteiger partial charge is 0.383 e. The van der Waals surface area contributed by atoms with E-state index < -0.39 is 27.9 Å². The van der Waals surface area contributed by atoms with Crippen LogP contribution in [0, 0.1) is 50.0 Å². The molecule has 114 valence electrons. The Bertz CT molecular complexity index is 483. The van der Waals surface area contributed by atoms with E-state index in [1.165, 1.54) is 6.92 Å². The van der Waals surface area contributed by atoms with Crippen LogP contribution in [-0.4, -0.2) is 21.7 Å². The molecule has 6 nitrogen and oxygen atoms in total. The third-order valence-electron chi connectivity index (χ3n) is 5.36. The van der Waals surface area contributed by atoms with Crippen molar-refractivity contribution in [2.24, 2.45) is 17.3 Å². The molecular formula is C15H21N3O3. The smallest absolute Gasteiger partial charge is 0.246 e. The van der Waals surface area contributed by atoms with Gasteiger partial charge in [0.15, 0.2) is 5.41 Å². The van der Waals surface area contributed by atoms with Crippen LogP contribution in [-0.2, 0) is 0 Å². The molecule has 0 bridgehead atoms. The third-order valence-corrected chi connectivity index (χ3v) is 5.36. The Hall–Kier alpha value is -1.66. The van der Waals surface area contributed by atoms with Gasteiger partial charge in [-0.3, -0.25) is 10.1 Å². The maximum absolute atomic E-state index is 11.6. The van der Waals surface area contributed by atoms with E-state index >= 15 is 0 Å². The molecule has 21 heavy (non-hydrogen) atoms. The SMILES string of the molecule is C[C@@]1(O)CCC(C#N)(C#N)[C@@H](C2CCCCC2)[C@@H]1[N+](=O)[O-]. The second-order valence-corrected chi connectivity index (χ2v) is 6.71. The minimum atomic E-state index is -1.46. The van der Waals surface area contributed by atoms with Gasteiger partial charge < -0.3 is 5.11 Å². The van der Waals surface area contributed by atoms with E-state index in [0.717, 1.165) is 32.1 Å². The van der Waals surface area contributed by atoms with Crippen molar-refractivity contribution in [1.29, 1.82) is 10.5 Å². The summed E-state index contributed by atoms with van der Waals surface area (Å²) in [7, 11) is 0. The van der Waals surface area contributed by atoms with E-state index in [-0.39, 0.29) is 18.8 Å². The van der Waals surface area contributed by atoms with E-state index in [1.807, 2.05) is 0 Å². The molecule has 0 unspecified atom stereocenters. The van der Waals surface area contributed by atoms with Crippen LogP contribution >= 0.6 is 0 Å². The van der Waals surface area contributed by atoms with Gasteiger partial charge in [-0.15, -0.1) is 0 Å². The molecule has 2 aliphatic rings. The van der Waals surface area contributed by atoms with Crippen molar-refractivity contribution in [3.05, 3.63) is 10.1 Å². The maximum Gasteiger partial charge on any atom is 0.246 e. The van der Waals surface area contributed by atoms with Crippen LogP contribution in [0.2, 0.25) is 0 Å².